The molecular formula is C12H14FN3O. The highest BCUT2D eigenvalue weighted by atomic mass is 19.1. The Morgan fingerprint density at radius 3 is 2.94 bits per heavy atom. The summed E-state index contributed by atoms with van der Waals surface area (Å²) < 4.78 is 13.0. The van der Waals surface area contributed by atoms with Gasteiger partial charge in [0.05, 0.1) is 17.8 Å². The molecule has 17 heavy (non-hydrogen) atoms. The number of benzene rings is 1. The standard InChI is InChI=1S/C12H14FN3O/c1-2-15-12(17)16-11-6-5-10(13)8-9(11)4-3-7-14/h5-6,8H,2,7,14H2,1H3,(H2,15,16,17). The fourth-order valence-electron chi connectivity index (χ4n) is 1.20. The van der Waals surface area contributed by atoms with E-state index >= 15 is 0 Å². The fourth-order valence-corrected chi connectivity index (χ4v) is 1.20. The lowest BCUT2D eigenvalue weighted by Gasteiger charge is -2.07. The van der Waals surface area contributed by atoms with Gasteiger partial charge in [-0.3, -0.25) is 0 Å². The van der Waals surface area contributed by atoms with Gasteiger partial charge in [0.25, 0.3) is 0 Å². The van der Waals surface area contributed by atoms with Crippen molar-refractivity contribution in [3.63, 3.8) is 0 Å². The zero-order valence-electron chi connectivity index (χ0n) is 9.51. The van der Waals surface area contributed by atoms with E-state index in [0.717, 1.165) is 0 Å². The van der Waals surface area contributed by atoms with Gasteiger partial charge in [-0.2, -0.15) is 0 Å². The average molecular weight is 235 g/mol. The van der Waals surface area contributed by atoms with Crippen molar-refractivity contribution < 1.29 is 9.18 Å². The van der Waals surface area contributed by atoms with Crippen LogP contribution >= 0.6 is 0 Å². The van der Waals surface area contributed by atoms with Gasteiger partial charge in [0, 0.05) is 6.54 Å². The molecule has 0 saturated heterocycles. The summed E-state index contributed by atoms with van der Waals surface area (Å²) in [5.74, 6) is 4.91. The first kappa shape index (κ1) is 13.0. The number of rotatable bonds is 2. The first-order valence-corrected chi connectivity index (χ1v) is 5.20. The number of nitrogens with one attached hydrogen (secondary N) is 2. The van der Waals surface area contributed by atoms with Crippen LogP contribution in [0.5, 0.6) is 0 Å². The summed E-state index contributed by atoms with van der Waals surface area (Å²) in [6.07, 6.45) is 0. The number of carbonyl (C=O) groups excluding carboxylic acids is 1. The molecular weight excluding hydrogens is 221 g/mol. The van der Waals surface area contributed by atoms with Crippen molar-refractivity contribution in [1.82, 2.24) is 5.32 Å². The molecule has 1 aromatic carbocycles. The highest BCUT2D eigenvalue weighted by molar-refractivity contribution is 5.90. The Hall–Kier alpha value is -2.06. The molecule has 0 aliphatic rings. The molecule has 0 unspecified atom stereocenters. The Bertz CT molecular complexity index is 463. The van der Waals surface area contributed by atoms with Gasteiger partial charge in [-0.15, -0.1) is 0 Å². The van der Waals surface area contributed by atoms with Crippen LogP contribution in [0, 0.1) is 17.7 Å². The van der Waals surface area contributed by atoms with Crippen molar-refractivity contribution in [2.24, 2.45) is 5.73 Å². The monoisotopic (exact) mass is 235 g/mol. The molecule has 0 aromatic heterocycles. The molecule has 0 radical (unpaired) electrons. The Balaban J connectivity index is 2.94. The average Bonchev–Trinajstić information content (AvgIpc) is 2.30. The van der Waals surface area contributed by atoms with Gasteiger partial charge in [-0.1, -0.05) is 11.8 Å². The molecule has 0 fully saturated rings. The van der Waals surface area contributed by atoms with Crippen LogP contribution in [0.25, 0.3) is 0 Å². The van der Waals surface area contributed by atoms with Crippen LogP contribution in [-0.4, -0.2) is 19.1 Å². The number of anilines is 1. The lowest BCUT2D eigenvalue weighted by atomic mass is 10.1. The Morgan fingerprint density at radius 2 is 2.29 bits per heavy atom. The van der Waals surface area contributed by atoms with Gasteiger partial charge < -0.3 is 16.4 Å². The van der Waals surface area contributed by atoms with Crippen molar-refractivity contribution in [3.05, 3.63) is 29.6 Å². The van der Waals surface area contributed by atoms with E-state index in [9.17, 15) is 9.18 Å². The maximum Gasteiger partial charge on any atom is 0.319 e. The lowest BCUT2D eigenvalue weighted by Crippen LogP contribution is -2.28. The predicted molar refractivity (Wildman–Crippen MR) is 65.0 cm³/mol. The van der Waals surface area contributed by atoms with Crippen LogP contribution < -0.4 is 16.4 Å². The fraction of sp³-hybridized carbons (Fsp3) is 0.250. The van der Waals surface area contributed by atoms with Crippen LogP contribution in [-0.2, 0) is 0 Å². The molecule has 90 valence electrons. The van der Waals surface area contributed by atoms with Gasteiger partial charge in [0.15, 0.2) is 0 Å². The number of nitrogens with two attached hydrogens (primary N) is 1. The zero-order valence-corrected chi connectivity index (χ0v) is 9.51. The minimum absolute atomic E-state index is 0.178. The third kappa shape index (κ3) is 4.13. The maximum absolute atomic E-state index is 13.0. The summed E-state index contributed by atoms with van der Waals surface area (Å²) in [7, 11) is 0. The maximum atomic E-state index is 13.0. The molecule has 0 saturated carbocycles. The Labute approximate surface area is 99.4 Å². The molecule has 0 atom stereocenters. The van der Waals surface area contributed by atoms with E-state index in [2.05, 4.69) is 22.5 Å². The number of halogens is 1. The van der Waals surface area contributed by atoms with Gasteiger partial charge in [-0.05, 0) is 25.1 Å². The number of urea groups is 1. The second kappa shape index (κ2) is 6.51. The summed E-state index contributed by atoms with van der Waals surface area (Å²) in [5.41, 5.74) is 6.11. The molecule has 2 amide bonds. The molecule has 1 rings (SSSR count). The van der Waals surface area contributed by atoms with Crippen molar-refractivity contribution >= 4 is 11.7 Å². The van der Waals surface area contributed by atoms with E-state index in [-0.39, 0.29) is 12.6 Å². The summed E-state index contributed by atoms with van der Waals surface area (Å²) in [6.45, 7) is 2.49. The zero-order chi connectivity index (χ0) is 12.7. The largest absolute Gasteiger partial charge is 0.338 e. The minimum Gasteiger partial charge on any atom is -0.338 e. The minimum atomic E-state index is -0.409. The molecule has 0 aliphatic heterocycles. The number of amides is 2. The second-order valence-corrected chi connectivity index (χ2v) is 3.18. The molecule has 5 heteroatoms. The quantitative estimate of drug-likeness (QED) is 0.676. The van der Waals surface area contributed by atoms with E-state index in [1.807, 2.05) is 0 Å². The van der Waals surface area contributed by atoms with Crippen LogP contribution in [0.3, 0.4) is 0 Å². The molecule has 0 aliphatic carbocycles. The number of hydrogen-bond donors (Lipinski definition) is 3. The highest BCUT2D eigenvalue weighted by Gasteiger charge is 2.05. The summed E-state index contributed by atoms with van der Waals surface area (Å²) in [6, 6.07) is 3.62. The number of hydrogen-bond acceptors (Lipinski definition) is 2. The first-order valence-electron chi connectivity index (χ1n) is 5.20. The second-order valence-electron chi connectivity index (χ2n) is 3.18. The van der Waals surface area contributed by atoms with Crippen LogP contribution in [0.15, 0.2) is 18.2 Å². The molecule has 0 spiro atoms. The van der Waals surface area contributed by atoms with E-state index in [4.69, 9.17) is 5.73 Å². The SMILES string of the molecule is CCNC(=O)Nc1ccc(F)cc1C#CCN. The summed E-state index contributed by atoms with van der Waals surface area (Å²) in [4.78, 5) is 11.3. The number of carbonyl (C=O) groups is 1. The highest BCUT2D eigenvalue weighted by Crippen LogP contribution is 2.15. The van der Waals surface area contributed by atoms with Crippen molar-refractivity contribution in [3.8, 4) is 11.8 Å². The van der Waals surface area contributed by atoms with E-state index in [1.165, 1.54) is 18.2 Å². The van der Waals surface area contributed by atoms with Crippen LogP contribution in [0.1, 0.15) is 12.5 Å². The Kier molecular flexibility index (Phi) is 4.98. The summed E-state index contributed by atoms with van der Waals surface area (Å²) in [5, 5.41) is 5.16. The third-order valence-corrected chi connectivity index (χ3v) is 1.89. The van der Waals surface area contributed by atoms with Gasteiger partial charge >= 0.3 is 6.03 Å². The molecule has 0 bridgehead atoms. The van der Waals surface area contributed by atoms with Crippen molar-refractivity contribution in [2.45, 2.75) is 6.92 Å². The lowest BCUT2D eigenvalue weighted by molar-refractivity contribution is 0.252. The van der Waals surface area contributed by atoms with Gasteiger partial charge in [-0.25, -0.2) is 9.18 Å². The molecule has 1 aromatic rings. The Morgan fingerprint density at radius 1 is 1.53 bits per heavy atom. The first-order chi connectivity index (χ1) is 8.17. The topological polar surface area (TPSA) is 67.2 Å². The van der Waals surface area contributed by atoms with Crippen LogP contribution in [0.2, 0.25) is 0 Å². The van der Waals surface area contributed by atoms with Crippen molar-refractivity contribution in [1.29, 1.82) is 0 Å². The molecule has 0 heterocycles. The van der Waals surface area contributed by atoms with E-state index in [1.54, 1.807) is 6.92 Å². The normalized spacial score (nSPS) is 9.12. The van der Waals surface area contributed by atoms with E-state index < -0.39 is 5.82 Å². The predicted octanol–water partition coefficient (Wildman–Crippen LogP) is 1.28. The van der Waals surface area contributed by atoms with Gasteiger partial charge in [0.1, 0.15) is 5.82 Å². The van der Waals surface area contributed by atoms with E-state index in [0.29, 0.717) is 17.8 Å². The molecule has 4 N–H and O–H groups in total. The van der Waals surface area contributed by atoms with Gasteiger partial charge in [0.2, 0.25) is 0 Å². The smallest absolute Gasteiger partial charge is 0.319 e. The van der Waals surface area contributed by atoms with Crippen LogP contribution in [0.4, 0.5) is 14.9 Å². The summed E-state index contributed by atoms with van der Waals surface area (Å²) >= 11 is 0. The molecule has 4 nitrogen and oxygen atoms in total. The van der Waals surface area contributed by atoms with Crippen molar-refractivity contribution in [2.75, 3.05) is 18.4 Å². The third-order valence-electron chi connectivity index (χ3n) is 1.89.